The zero-order chi connectivity index (χ0) is 20.8. The minimum absolute atomic E-state index is 0.0226. The molecule has 1 heterocycles. The van der Waals surface area contributed by atoms with Crippen molar-refractivity contribution in [3.63, 3.8) is 0 Å². The van der Waals surface area contributed by atoms with Gasteiger partial charge in [0, 0.05) is 25.2 Å². The Morgan fingerprint density at radius 3 is 2.00 bits per heavy atom. The highest BCUT2D eigenvalue weighted by molar-refractivity contribution is 5.80. The number of aromatic nitrogens is 1. The lowest BCUT2D eigenvalue weighted by atomic mass is 9.96. The van der Waals surface area contributed by atoms with E-state index in [1.165, 1.54) is 0 Å². The Kier molecular flexibility index (Phi) is 6.98. The molecule has 1 aromatic heterocycles. The van der Waals surface area contributed by atoms with E-state index >= 15 is 0 Å². The summed E-state index contributed by atoms with van der Waals surface area (Å²) in [4.78, 5) is 16.9. The van der Waals surface area contributed by atoms with Crippen LogP contribution in [0.25, 0.3) is 11.1 Å². The molecule has 2 rings (SSSR count). The van der Waals surface area contributed by atoms with Gasteiger partial charge in [-0.25, -0.2) is 0 Å². The second-order valence-corrected chi connectivity index (χ2v) is 7.90. The van der Waals surface area contributed by atoms with Crippen molar-refractivity contribution in [1.29, 1.82) is 10.5 Å². The number of rotatable bonds is 7. The summed E-state index contributed by atoms with van der Waals surface area (Å²) in [7, 11) is 0. The number of hydrogen-bond acceptors (Lipinski definition) is 5. The number of nitriles is 2. The molecule has 0 bridgehead atoms. The second kappa shape index (κ2) is 9.21. The van der Waals surface area contributed by atoms with Gasteiger partial charge in [-0.3, -0.25) is 9.69 Å². The number of benzene rings is 1. The maximum Gasteiger partial charge on any atom is 0.268 e. The predicted molar refractivity (Wildman–Crippen MR) is 111 cm³/mol. The molecule has 0 amide bonds. The topological polar surface area (TPSA) is 110 Å². The summed E-state index contributed by atoms with van der Waals surface area (Å²) in [6.07, 6.45) is 0. The van der Waals surface area contributed by atoms with Gasteiger partial charge in [0.15, 0.2) is 0 Å². The van der Waals surface area contributed by atoms with Crippen LogP contribution in [0.2, 0.25) is 0 Å². The van der Waals surface area contributed by atoms with Gasteiger partial charge in [-0.2, -0.15) is 10.5 Å². The second-order valence-electron chi connectivity index (χ2n) is 7.90. The number of hydrogen-bond donors (Lipinski definition) is 2. The van der Waals surface area contributed by atoms with E-state index in [-0.39, 0.29) is 16.9 Å². The molecular formula is C22H27N5O. The number of aromatic amines is 1. The third-order valence-electron chi connectivity index (χ3n) is 4.36. The van der Waals surface area contributed by atoms with E-state index in [4.69, 9.17) is 5.73 Å². The minimum Gasteiger partial charge on any atom is -0.384 e. The van der Waals surface area contributed by atoms with Crippen molar-refractivity contribution < 1.29 is 0 Å². The molecule has 28 heavy (non-hydrogen) atoms. The van der Waals surface area contributed by atoms with Crippen molar-refractivity contribution in [2.75, 3.05) is 18.8 Å². The summed E-state index contributed by atoms with van der Waals surface area (Å²) < 4.78 is 0. The lowest BCUT2D eigenvalue weighted by molar-refractivity contribution is 0.211. The first-order valence-corrected chi connectivity index (χ1v) is 9.44. The SMILES string of the molecule is CC(C)CN(Cc1ccc(-c2c(C#N)c(N)[nH]c(=O)c2C#N)cc1)CC(C)C. The molecule has 6 heteroatoms. The molecule has 0 aliphatic heterocycles. The summed E-state index contributed by atoms with van der Waals surface area (Å²) in [5.74, 6) is 1.13. The fraction of sp³-hybridized carbons (Fsp3) is 0.409. The number of pyridine rings is 1. The van der Waals surface area contributed by atoms with Crippen LogP contribution in [0.5, 0.6) is 0 Å². The van der Waals surface area contributed by atoms with Gasteiger partial charge >= 0.3 is 0 Å². The van der Waals surface area contributed by atoms with E-state index in [0.29, 0.717) is 23.0 Å². The van der Waals surface area contributed by atoms with Crippen molar-refractivity contribution in [2.24, 2.45) is 11.8 Å². The normalized spacial score (nSPS) is 11.0. The van der Waals surface area contributed by atoms with Gasteiger partial charge in [-0.1, -0.05) is 52.0 Å². The van der Waals surface area contributed by atoms with E-state index in [9.17, 15) is 15.3 Å². The molecule has 1 aromatic carbocycles. The van der Waals surface area contributed by atoms with Crippen molar-refractivity contribution in [3.8, 4) is 23.3 Å². The fourth-order valence-electron chi connectivity index (χ4n) is 3.40. The van der Waals surface area contributed by atoms with Crippen LogP contribution < -0.4 is 11.3 Å². The van der Waals surface area contributed by atoms with Crippen LogP contribution in [0.3, 0.4) is 0 Å². The highest BCUT2D eigenvalue weighted by atomic mass is 16.1. The first kappa shape index (κ1) is 21.2. The van der Waals surface area contributed by atoms with E-state index < -0.39 is 5.56 Å². The van der Waals surface area contributed by atoms with Gasteiger partial charge in [-0.05, 0) is 23.0 Å². The molecule has 0 radical (unpaired) electrons. The molecule has 0 fully saturated rings. The Morgan fingerprint density at radius 2 is 1.54 bits per heavy atom. The van der Waals surface area contributed by atoms with Crippen LogP contribution >= 0.6 is 0 Å². The average molecular weight is 377 g/mol. The lowest BCUT2D eigenvalue weighted by Crippen LogP contribution is -2.30. The minimum atomic E-state index is -0.585. The molecule has 0 saturated carbocycles. The maximum atomic E-state index is 12.1. The molecule has 0 atom stereocenters. The number of nitrogens with two attached hydrogens (primary N) is 1. The number of anilines is 1. The first-order chi connectivity index (χ1) is 13.3. The van der Waals surface area contributed by atoms with Crippen LogP contribution in [0, 0.1) is 34.5 Å². The maximum absolute atomic E-state index is 12.1. The van der Waals surface area contributed by atoms with E-state index in [0.717, 1.165) is 25.2 Å². The average Bonchev–Trinajstić information content (AvgIpc) is 2.60. The van der Waals surface area contributed by atoms with Gasteiger partial charge in [0.25, 0.3) is 5.56 Å². The number of nitrogens with zero attached hydrogens (tertiary/aromatic N) is 3. The summed E-state index contributed by atoms with van der Waals surface area (Å²) in [6, 6.07) is 11.5. The van der Waals surface area contributed by atoms with Crippen molar-refractivity contribution in [1.82, 2.24) is 9.88 Å². The summed E-state index contributed by atoms with van der Waals surface area (Å²) >= 11 is 0. The highest BCUT2D eigenvalue weighted by Crippen LogP contribution is 2.28. The van der Waals surface area contributed by atoms with Gasteiger partial charge < -0.3 is 10.7 Å². The molecule has 0 spiro atoms. The van der Waals surface area contributed by atoms with E-state index in [2.05, 4.69) is 37.6 Å². The predicted octanol–water partition coefficient (Wildman–Crippen LogP) is 3.48. The Labute approximate surface area is 166 Å². The number of nitrogen functional groups attached to an aromatic ring is 1. The third kappa shape index (κ3) is 5.00. The van der Waals surface area contributed by atoms with E-state index in [1.807, 2.05) is 36.4 Å². The standard InChI is InChI=1S/C22H27N5O/c1-14(2)11-27(12-15(3)4)13-16-5-7-17(8-6-16)20-18(9-23)21(25)26-22(28)19(20)10-24/h5-8,14-15H,11-13H2,1-4H3,(H3,25,26,28). The van der Waals surface area contributed by atoms with Gasteiger partial charge in [0.2, 0.25) is 0 Å². The Hall–Kier alpha value is -3.09. The first-order valence-electron chi connectivity index (χ1n) is 9.44. The van der Waals surface area contributed by atoms with Crippen LogP contribution in [0.15, 0.2) is 29.1 Å². The van der Waals surface area contributed by atoms with Crippen LogP contribution in [0.4, 0.5) is 5.82 Å². The quantitative estimate of drug-likeness (QED) is 0.767. The van der Waals surface area contributed by atoms with Gasteiger partial charge in [-0.15, -0.1) is 0 Å². The van der Waals surface area contributed by atoms with Crippen molar-refractivity contribution in [3.05, 3.63) is 51.3 Å². The van der Waals surface area contributed by atoms with E-state index in [1.54, 1.807) is 0 Å². The molecule has 0 aliphatic rings. The molecule has 0 aliphatic carbocycles. The van der Waals surface area contributed by atoms with Crippen LogP contribution in [-0.2, 0) is 6.54 Å². The van der Waals surface area contributed by atoms with Crippen molar-refractivity contribution in [2.45, 2.75) is 34.2 Å². The number of nitrogens with one attached hydrogen (secondary N) is 1. The fourth-order valence-corrected chi connectivity index (χ4v) is 3.40. The van der Waals surface area contributed by atoms with Crippen LogP contribution in [-0.4, -0.2) is 23.0 Å². The molecular weight excluding hydrogens is 350 g/mol. The summed E-state index contributed by atoms with van der Waals surface area (Å²) in [5.41, 5.74) is 7.28. The molecule has 2 aromatic rings. The summed E-state index contributed by atoms with van der Waals surface area (Å²) in [5, 5.41) is 18.8. The molecule has 6 nitrogen and oxygen atoms in total. The largest absolute Gasteiger partial charge is 0.384 e. The summed E-state index contributed by atoms with van der Waals surface area (Å²) in [6.45, 7) is 11.7. The Morgan fingerprint density at radius 1 is 1.00 bits per heavy atom. The third-order valence-corrected chi connectivity index (χ3v) is 4.36. The Bertz CT molecular complexity index is 949. The van der Waals surface area contributed by atoms with Crippen molar-refractivity contribution >= 4 is 5.82 Å². The van der Waals surface area contributed by atoms with Crippen LogP contribution in [0.1, 0.15) is 44.4 Å². The molecule has 0 saturated heterocycles. The zero-order valence-corrected chi connectivity index (χ0v) is 16.9. The lowest BCUT2D eigenvalue weighted by Gasteiger charge is -2.26. The smallest absolute Gasteiger partial charge is 0.268 e. The monoisotopic (exact) mass is 377 g/mol. The molecule has 146 valence electrons. The molecule has 3 N–H and O–H groups in total. The molecule has 0 unspecified atom stereocenters. The van der Waals surface area contributed by atoms with Gasteiger partial charge in [0.05, 0.1) is 0 Å². The highest BCUT2D eigenvalue weighted by Gasteiger charge is 2.18. The van der Waals surface area contributed by atoms with Gasteiger partial charge in [0.1, 0.15) is 29.1 Å². The number of H-pyrrole nitrogens is 1. The Balaban J connectivity index is 2.39. The zero-order valence-electron chi connectivity index (χ0n) is 16.9.